The normalized spacial score (nSPS) is 14.1. The molecule has 0 aromatic rings. The molecule has 0 spiro atoms. The maximum atomic E-state index is 11.1. The van der Waals surface area contributed by atoms with Crippen LogP contribution in [0.25, 0.3) is 0 Å². The Morgan fingerprint density at radius 3 is 2.31 bits per heavy atom. The molecule has 0 saturated carbocycles. The molecule has 0 amide bonds. The number of carbonyl (C=O) groups excluding carboxylic acids is 1. The van der Waals surface area contributed by atoms with E-state index in [4.69, 9.17) is 4.55 Å². The molecule has 0 aliphatic rings. The van der Waals surface area contributed by atoms with Crippen LogP contribution in [0.4, 0.5) is 0 Å². The predicted molar refractivity (Wildman–Crippen MR) is 49.2 cm³/mol. The number of hydrogen-bond donors (Lipinski definition) is 2. The van der Waals surface area contributed by atoms with Crippen molar-refractivity contribution >= 4 is 15.9 Å². The van der Waals surface area contributed by atoms with Crippen LogP contribution in [0.15, 0.2) is 0 Å². The first-order valence-corrected chi connectivity index (χ1v) is 5.72. The molecule has 6 heteroatoms. The van der Waals surface area contributed by atoms with Gasteiger partial charge in [0.2, 0.25) is 0 Å². The van der Waals surface area contributed by atoms with Crippen LogP contribution < -0.4 is 5.32 Å². The van der Waals surface area contributed by atoms with Gasteiger partial charge in [0.1, 0.15) is 0 Å². The van der Waals surface area contributed by atoms with E-state index < -0.39 is 21.9 Å². The van der Waals surface area contributed by atoms with Crippen LogP contribution >= 0.6 is 0 Å². The van der Waals surface area contributed by atoms with E-state index in [-0.39, 0.29) is 12.2 Å². The van der Waals surface area contributed by atoms with Gasteiger partial charge in [-0.15, -0.1) is 0 Å². The summed E-state index contributed by atoms with van der Waals surface area (Å²) in [4.78, 5) is 11.1. The highest BCUT2D eigenvalue weighted by atomic mass is 32.2. The van der Waals surface area contributed by atoms with Crippen molar-refractivity contribution in [2.24, 2.45) is 0 Å². The lowest BCUT2D eigenvalue weighted by molar-refractivity contribution is -0.120. The van der Waals surface area contributed by atoms with Crippen molar-refractivity contribution in [3.63, 3.8) is 0 Å². The number of ketones is 1. The van der Waals surface area contributed by atoms with Crippen LogP contribution in [-0.2, 0) is 14.9 Å². The third-order valence-corrected chi connectivity index (χ3v) is 2.32. The SMILES string of the molecule is CCNC(CS(=O)(=O)O)C(=O)CC. The fourth-order valence-electron chi connectivity index (χ4n) is 0.969. The van der Waals surface area contributed by atoms with Gasteiger partial charge >= 0.3 is 0 Å². The Morgan fingerprint density at radius 2 is 2.00 bits per heavy atom. The molecule has 0 heterocycles. The van der Waals surface area contributed by atoms with E-state index in [0.29, 0.717) is 6.54 Å². The summed E-state index contributed by atoms with van der Waals surface area (Å²) < 4.78 is 29.5. The third kappa shape index (κ3) is 5.73. The Bertz CT molecular complexity index is 260. The van der Waals surface area contributed by atoms with E-state index in [2.05, 4.69) is 5.32 Å². The number of carbonyl (C=O) groups is 1. The lowest BCUT2D eigenvalue weighted by Crippen LogP contribution is -2.41. The zero-order chi connectivity index (χ0) is 10.5. The second-order valence-corrected chi connectivity index (χ2v) is 4.18. The average molecular weight is 209 g/mol. The topological polar surface area (TPSA) is 83.5 Å². The zero-order valence-corrected chi connectivity index (χ0v) is 8.60. The van der Waals surface area contributed by atoms with Gasteiger partial charge in [-0.25, -0.2) is 0 Å². The summed E-state index contributed by atoms with van der Waals surface area (Å²) in [5, 5.41) is 2.70. The molecule has 78 valence electrons. The highest BCUT2D eigenvalue weighted by molar-refractivity contribution is 7.85. The highest BCUT2D eigenvalue weighted by Gasteiger charge is 2.21. The van der Waals surface area contributed by atoms with E-state index in [1.54, 1.807) is 13.8 Å². The molecule has 0 aliphatic carbocycles. The van der Waals surface area contributed by atoms with Gasteiger partial charge in [0, 0.05) is 6.42 Å². The van der Waals surface area contributed by atoms with Gasteiger partial charge in [-0.1, -0.05) is 13.8 Å². The third-order valence-electron chi connectivity index (χ3n) is 1.56. The van der Waals surface area contributed by atoms with Crippen molar-refractivity contribution in [1.29, 1.82) is 0 Å². The Hall–Kier alpha value is -0.460. The van der Waals surface area contributed by atoms with Gasteiger partial charge in [0.15, 0.2) is 5.78 Å². The molecule has 1 unspecified atom stereocenters. The highest BCUT2D eigenvalue weighted by Crippen LogP contribution is 1.96. The van der Waals surface area contributed by atoms with Crippen molar-refractivity contribution in [3.05, 3.63) is 0 Å². The van der Waals surface area contributed by atoms with Gasteiger partial charge in [-0.2, -0.15) is 8.42 Å². The summed E-state index contributed by atoms with van der Waals surface area (Å²) in [6, 6.07) is -0.787. The summed E-state index contributed by atoms with van der Waals surface area (Å²) in [7, 11) is -4.08. The number of Topliss-reactive ketones (excluding diaryl/α,β-unsaturated/α-hetero) is 1. The fourth-order valence-corrected chi connectivity index (χ4v) is 1.69. The number of likely N-dealkylation sites (N-methyl/N-ethyl adjacent to an activating group) is 1. The van der Waals surface area contributed by atoms with E-state index in [0.717, 1.165) is 0 Å². The molecule has 0 fully saturated rings. The van der Waals surface area contributed by atoms with E-state index in [9.17, 15) is 13.2 Å². The van der Waals surface area contributed by atoms with Crippen LogP contribution in [0.2, 0.25) is 0 Å². The first-order valence-electron chi connectivity index (χ1n) is 4.12. The lowest BCUT2D eigenvalue weighted by Gasteiger charge is -2.13. The Labute approximate surface area is 78.3 Å². The van der Waals surface area contributed by atoms with Crippen molar-refractivity contribution in [2.45, 2.75) is 26.3 Å². The van der Waals surface area contributed by atoms with Gasteiger partial charge in [-0.05, 0) is 6.54 Å². The Kier molecular flexibility index (Phi) is 5.12. The summed E-state index contributed by atoms with van der Waals surface area (Å²) in [5.41, 5.74) is 0. The minimum Gasteiger partial charge on any atom is -0.307 e. The monoisotopic (exact) mass is 209 g/mol. The van der Waals surface area contributed by atoms with Gasteiger partial charge in [0.05, 0.1) is 11.8 Å². The molecule has 13 heavy (non-hydrogen) atoms. The minimum atomic E-state index is -4.08. The first kappa shape index (κ1) is 12.5. The molecule has 0 saturated heterocycles. The molecule has 1 atom stereocenters. The first-order chi connectivity index (χ1) is 5.90. The van der Waals surface area contributed by atoms with E-state index in [1.165, 1.54) is 0 Å². The minimum absolute atomic E-state index is 0.209. The molecule has 0 aromatic carbocycles. The van der Waals surface area contributed by atoms with Crippen molar-refractivity contribution in [3.8, 4) is 0 Å². The molecule has 0 aliphatic heterocycles. The Morgan fingerprint density at radius 1 is 1.46 bits per heavy atom. The van der Waals surface area contributed by atoms with Crippen molar-refractivity contribution < 1.29 is 17.8 Å². The summed E-state index contributed by atoms with van der Waals surface area (Å²) >= 11 is 0. The van der Waals surface area contributed by atoms with Gasteiger partial charge in [0.25, 0.3) is 10.1 Å². The predicted octanol–water partition coefficient (Wildman–Crippen LogP) is -0.169. The average Bonchev–Trinajstić information content (AvgIpc) is 2.00. The van der Waals surface area contributed by atoms with E-state index in [1.807, 2.05) is 0 Å². The molecule has 0 radical (unpaired) electrons. The summed E-state index contributed by atoms with van der Waals surface area (Å²) in [5.74, 6) is -0.757. The molecule has 2 N–H and O–H groups in total. The smallest absolute Gasteiger partial charge is 0.266 e. The largest absolute Gasteiger partial charge is 0.307 e. The lowest BCUT2D eigenvalue weighted by atomic mass is 10.2. The number of hydrogen-bond acceptors (Lipinski definition) is 4. The second kappa shape index (κ2) is 5.31. The molecular weight excluding hydrogens is 194 g/mol. The summed E-state index contributed by atoms with van der Waals surface area (Å²) in [6.45, 7) is 3.91. The maximum Gasteiger partial charge on any atom is 0.266 e. The van der Waals surface area contributed by atoms with Crippen LogP contribution in [0, 0.1) is 0 Å². The molecule has 5 nitrogen and oxygen atoms in total. The quantitative estimate of drug-likeness (QED) is 0.593. The standard InChI is InChI=1S/C7H15NO4S/c1-3-7(9)6(8-4-2)5-13(10,11)12/h6,8H,3-5H2,1-2H3,(H,10,11,12). The van der Waals surface area contributed by atoms with Gasteiger partial charge in [-0.3, -0.25) is 9.35 Å². The maximum absolute atomic E-state index is 11.1. The second-order valence-electron chi connectivity index (χ2n) is 2.68. The number of nitrogens with one attached hydrogen (secondary N) is 1. The van der Waals surface area contributed by atoms with Crippen LogP contribution in [0.3, 0.4) is 0 Å². The Balaban J connectivity index is 4.35. The molecular formula is C7H15NO4S. The molecule has 0 rings (SSSR count). The van der Waals surface area contributed by atoms with Crippen LogP contribution in [0.1, 0.15) is 20.3 Å². The van der Waals surface area contributed by atoms with Crippen molar-refractivity contribution in [1.82, 2.24) is 5.32 Å². The van der Waals surface area contributed by atoms with Crippen molar-refractivity contribution in [2.75, 3.05) is 12.3 Å². The zero-order valence-electron chi connectivity index (χ0n) is 7.78. The van der Waals surface area contributed by atoms with E-state index >= 15 is 0 Å². The fraction of sp³-hybridized carbons (Fsp3) is 0.857. The molecule has 0 bridgehead atoms. The van der Waals surface area contributed by atoms with Crippen LogP contribution in [0.5, 0.6) is 0 Å². The summed E-state index contributed by atoms with van der Waals surface area (Å²) in [6.07, 6.45) is 0.257. The van der Waals surface area contributed by atoms with Gasteiger partial charge < -0.3 is 5.32 Å². The molecule has 0 aromatic heterocycles. The number of rotatable bonds is 6. The van der Waals surface area contributed by atoms with Crippen LogP contribution in [-0.4, -0.2) is 37.1 Å².